The van der Waals surface area contributed by atoms with Gasteiger partial charge in [0.05, 0.1) is 0 Å². The average Bonchev–Trinajstić information content (AvgIpc) is 3.04. The third-order valence-electron chi connectivity index (χ3n) is 2.78. The van der Waals surface area contributed by atoms with Gasteiger partial charge in [-0.1, -0.05) is 26.2 Å². The fraction of sp³-hybridized carbons (Fsp3) is 0.833. The summed E-state index contributed by atoms with van der Waals surface area (Å²) < 4.78 is 0. The highest BCUT2D eigenvalue weighted by atomic mass is 16.2. The molecule has 0 aromatic carbocycles. The predicted molar refractivity (Wildman–Crippen MR) is 62.7 cm³/mol. The first kappa shape index (κ1) is 12.2. The zero-order valence-electron chi connectivity index (χ0n) is 9.88. The van der Waals surface area contributed by atoms with Crippen LogP contribution in [0.2, 0.25) is 0 Å². The fourth-order valence-corrected chi connectivity index (χ4v) is 1.51. The van der Waals surface area contributed by atoms with Crippen LogP contribution in [0.5, 0.6) is 0 Å². The zero-order chi connectivity index (χ0) is 11.1. The van der Waals surface area contributed by atoms with Crippen LogP contribution >= 0.6 is 0 Å². The van der Waals surface area contributed by atoms with Gasteiger partial charge in [0.15, 0.2) is 0 Å². The molecule has 0 bridgehead atoms. The third kappa shape index (κ3) is 5.55. The standard InChI is InChI=1S/C12H22N2O/c1-3-4-5-6-7-12(15)14-13-10(2)11-8-9-11/h11H,3-9H2,1-2H3,(H,14,15). The minimum Gasteiger partial charge on any atom is -0.273 e. The molecule has 1 rings (SSSR count). The maximum atomic E-state index is 11.3. The van der Waals surface area contributed by atoms with Crippen LogP contribution in [0.15, 0.2) is 5.10 Å². The highest BCUT2D eigenvalue weighted by molar-refractivity contribution is 5.87. The predicted octanol–water partition coefficient (Wildman–Crippen LogP) is 2.86. The first-order valence-corrected chi connectivity index (χ1v) is 6.07. The SMILES string of the molecule is CCCCCCC(=O)NN=C(C)C1CC1. The lowest BCUT2D eigenvalue weighted by Gasteiger charge is -2.01. The molecule has 0 aromatic rings. The van der Waals surface area contributed by atoms with Gasteiger partial charge < -0.3 is 0 Å². The fourth-order valence-electron chi connectivity index (χ4n) is 1.51. The van der Waals surface area contributed by atoms with Crippen LogP contribution in [-0.2, 0) is 4.79 Å². The van der Waals surface area contributed by atoms with Gasteiger partial charge in [-0.2, -0.15) is 5.10 Å². The number of hydrogen-bond donors (Lipinski definition) is 1. The molecule has 0 saturated heterocycles. The van der Waals surface area contributed by atoms with Crippen molar-refractivity contribution in [1.29, 1.82) is 0 Å². The van der Waals surface area contributed by atoms with Crippen LogP contribution in [0, 0.1) is 5.92 Å². The van der Waals surface area contributed by atoms with Crippen molar-refractivity contribution in [3.05, 3.63) is 0 Å². The summed E-state index contributed by atoms with van der Waals surface area (Å²) in [5.41, 5.74) is 3.71. The zero-order valence-corrected chi connectivity index (χ0v) is 9.88. The van der Waals surface area contributed by atoms with Crippen molar-refractivity contribution in [3.8, 4) is 0 Å². The van der Waals surface area contributed by atoms with Gasteiger partial charge in [-0.25, -0.2) is 5.43 Å². The Labute approximate surface area is 92.3 Å². The summed E-state index contributed by atoms with van der Waals surface area (Å²) in [6.45, 7) is 4.17. The Bertz CT molecular complexity index is 232. The number of hydrogen-bond acceptors (Lipinski definition) is 2. The minimum absolute atomic E-state index is 0.0612. The Hall–Kier alpha value is -0.860. The second-order valence-electron chi connectivity index (χ2n) is 4.37. The maximum Gasteiger partial charge on any atom is 0.240 e. The Kier molecular flexibility index (Phi) is 5.37. The van der Waals surface area contributed by atoms with E-state index < -0.39 is 0 Å². The molecule has 0 heterocycles. The van der Waals surface area contributed by atoms with Gasteiger partial charge in [-0.3, -0.25) is 4.79 Å². The first-order valence-electron chi connectivity index (χ1n) is 6.07. The molecule has 0 radical (unpaired) electrons. The smallest absolute Gasteiger partial charge is 0.240 e. The molecule has 1 saturated carbocycles. The number of carbonyl (C=O) groups is 1. The summed E-state index contributed by atoms with van der Waals surface area (Å²) in [4.78, 5) is 11.3. The van der Waals surface area contributed by atoms with E-state index in [9.17, 15) is 4.79 Å². The highest BCUT2D eigenvalue weighted by Gasteiger charge is 2.24. The first-order chi connectivity index (χ1) is 7.24. The Balaban J connectivity index is 2.04. The second-order valence-corrected chi connectivity index (χ2v) is 4.37. The quantitative estimate of drug-likeness (QED) is 0.392. The van der Waals surface area contributed by atoms with E-state index in [-0.39, 0.29) is 5.91 Å². The van der Waals surface area contributed by atoms with Crippen LogP contribution in [0.4, 0.5) is 0 Å². The second kappa shape index (κ2) is 6.59. The average molecular weight is 210 g/mol. The van der Waals surface area contributed by atoms with E-state index in [4.69, 9.17) is 0 Å². The number of amides is 1. The molecule has 1 amide bonds. The lowest BCUT2D eigenvalue weighted by Crippen LogP contribution is -2.18. The van der Waals surface area contributed by atoms with Crippen molar-refractivity contribution in [2.24, 2.45) is 11.0 Å². The Morgan fingerprint density at radius 3 is 2.67 bits per heavy atom. The van der Waals surface area contributed by atoms with E-state index in [1.165, 1.54) is 25.7 Å². The molecule has 15 heavy (non-hydrogen) atoms. The Morgan fingerprint density at radius 1 is 1.33 bits per heavy atom. The van der Waals surface area contributed by atoms with Gasteiger partial charge in [-0.05, 0) is 32.1 Å². The van der Waals surface area contributed by atoms with Crippen molar-refractivity contribution >= 4 is 11.6 Å². The molecule has 0 aromatic heterocycles. The highest BCUT2D eigenvalue weighted by Crippen LogP contribution is 2.30. The molecule has 86 valence electrons. The molecular weight excluding hydrogens is 188 g/mol. The van der Waals surface area contributed by atoms with Crippen LogP contribution in [-0.4, -0.2) is 11.6 Å². The van der Waals surface area contributed by atoms with E-state index in [1.807, 2.05) is 6.92 Å². The molecule has 0 aliphatic heterocycles. The molecule has 1 aliphatic rings. The molecule has 0 unspecified atom stereocenters. The summed E-state index contributed by atoms with van der Waals surface area (Å²) in [5.74, 6) is 0.705. The summed E-state index contributed by atoms with van der Waals surface area (Å²) in [7, 11) is 0. The van der Waals surface area contributed by atoms with Crippen molar-refractivity contribution in [3.63, 3.8) is 0 Å². The van der Waals surface area contributed by atoms with Crippen molar-refractivity contribution in [2.45, 2.75) is 58.8 Å². The van der Waals surface area contributed by atoms with Gasteiger partial charge in [-0.15, -0.1) is 0 Å². The van der Waals surface area contributed by atoms with Crippen LogP contribution in [0.3, 0.4) is 0 Å². The van der Waals surface area contributed by atoms with Crippen molar-refractivity contribution in [2.75, 3.05) is 0 Å². The molecule has 3 nitrogen and oxygen atoms in total. The van der Waals surface area contributed by atoms with Gasteiger partial charge >= 0.3 is 0 Å². The van der Waals surface area contributed by atoms with Crippen molar-refractivity contribution < 1.29 is 4.79 Å². The van der Waals surface area contributed by atoms with Crippen LogP contribution in [0.25, 0.3) is 0 Å². The van der Waals surface area contributed by atoms with Crippen molar-refractivity contribution in [1.82, 2.24) is 5.43 Å². The molecule has 3 heteroatoms. The number of unbranched alkanes of at least 4 members (excludes halogenated alkanes) is 3. The van der Waals surface area contributed by atoms with Gasteiger partial charge in [0.25, 0.3) is 0 Å². The Morgan fingerprint density at radius 2 is 2.07 bits per heavy atom. The summed E-state index contributed by atoms with van der Waals surface area (Å²) in [6, 6.07) is 0. The molecular formula is C12H22N2O. The number of carbonyl (C=O) groups excluding carboxylic acids is 1. The van der Waals surface area contributed by atoms with Gasteiger partial charge in [0.2, 0.25) is 5.91 Å². The maximum absolute atomic E-state index is 11.3. The monoisotopic (exact) mass is 210 g/mol. The molecule has 0 spiro atoms. The van der Waals surface area contributed by atoms with Gasteiger partial charge in [0, 0.05) is 12.1 Å². The van der Waals surface area contributed by atoms with E-state index in [2.05, 4.69) is 17.5 Å². The number of rotatable bonds is 7. The largest absolute Gasteiger partial charge is 0.273 e. The summed E-state index contributed by atoms with van der Waals surface area (Å²) in [6.07, 6.45) is 7.65. The minimum atomic E-state index is 0.0612. The molecule has 1 N–H and O–H groups in total. The lowest BCUT2D eigenvalue weighted by molar-refractivity contribution is -0.121. The van der Waals surface area contributed by atoms with E-state index in [1.54, 1.807) is 0 Å². The third-order valence-corrected chi connectivity index (χ3v) is 2.78. The normalized spacial score (nSPS) is 16.5. The molecule has 1 fully saturated rings. The van der Waals surface area contributed by atoms with E-state index in [0.29, 0.717) is 12.3 Å². The number of hydrazone groups is 1. The lowest BCUT2D eigenvalue weighted by atomic mass is 10.1. The van der Waals surface area contributed by atoms with Crippen LogP contribution in [0.1, 0.15) is 58.8 Å². The van der Waals surface area contributed by atoms with Gasteiger partial charge in [0.1, 0.15) is 0 Å². The summed E-state index contributed by atoms with van der Waals surface area (Å²) >= 11 is 0. The number of nitrogens with one attached hydrogen (secondary N) is 1. The molecule has 0 atom stereocenters. The summed E-state index contributed by atoms with van der Waals surface area (Å²) in [5, 5.41) is 4.10. The van der Waals surface area contributed by atoms with Crippen LogP contribution < -0.4 is 5.43 Å². The number of nitrogens with zero attached hydrogens (tertiary/aromatic N) is 1. The molecule has 1 aliphatic carbocycles. The van der Waals surface area contributed by atoms with E-state index >= 15 is 0 Å². The van der Waals surface area contributed by atoms with E-state index in [0.717, 1.165) is 18.6 Å². The topological polar surface area (TPSA) is 41.5 Å².